The molecule has 0 aromatic rings. The molecule has 0 radical (unpaired) electrons. The van der Waals surface area contributed by atoms with Crippen LogP contribution in [0.5, 0.6) is 0 Å². The number of rotatable bonds is 0. The number of amides is 3. The molecule has 10 heteroatoms. The van der Waals surface area contributed by atoms with Crippen molar-refractivity contribution in [2.45, 2.75) is 65.7 Å². The van der Waals surface area contributed by atoms with Gasteiger partial charge in [0.1, 0.15) is 11.2 Å². The Morgan fingerprint density at radius 2 is 1.59 bits per heavy atom. The van der Waals surface area contributed by atoms with Gasteiger partial charge in [-0.3, -0.25) is 5.32 Å². The van der Waals surface area contributed by atoms with Crippen LogP contribution in [0.3, 0.4) is 0 Å². The van der Waals surface area contributed by atoms with E-state index in [1.165, 1.54) is 4.90 Å². The normalized spacial score (nSPS) is 18.8. The zero-order valence-corrected chi connectivity index (χ0v) is 17.0. The van der Waals surface area contributed by atoms with E-state index in [9.17, 15) is 14.4 Å². The van der Waals surface area contributed by atoms with E-state index in [1.807, 2.05) is 0 Å². The molecule has 0 bridgehead atoms. The number of carboxylic acid groups (broad SMARTS) is 1. The predicted octanol–water partition coefficient (Wildman–Crippen LogP) is 2.49. The van der Waals surface area contributed by atoms with Gasteiger partial charge in [0.15, 0.2) is 0 Å². The topological polar surface area (TPSA) is 121 Å². The zero-order valence-electron chi connectivity index (χ0n) is 17.0. The number of carbonyl (C=O) groups is 3. The fourth-order valence-corrected chi connectivity index (χ4v) is 2.38. The van der Waals surface area contributed by atoms with E-state index in [-0.39, 0.29) is 31.6 Å². The molecule has 1 rings (SSSR count). The van der Waals surface area contributed by atoms with Crippen LogP contribution >= 0.6 is 0 Å². The third-order valence-corrected chi connectivity index (χ3v) is 3.37. The molecular weight excluding hydrogens is 356 g/mol. The lowest BCUT2D eigenvalue weighted by molar-refractivity contribution is 0.0540. The molecule has 10 nitrogen and oxygen atoms in total. The monoisotopic (exact) mass is 386 g/mol. The zero-order chi connectivity index (χ0) is 21.0. The first-order chi connectivity index (χ1) is 12.2. The molecular formula is C17H30N4O6. The van der Waals surface area contributed by atoms with Crippen LogP contribution in [0, 0.1) is 0 Å². The van der Waals surface area contributed by atoms with Crippen LogP contribution in [0.1, 0.15) is 48.5 Å². The fourth-order valence-electron chi connectivity index (χ4n) is 2.38. The number of hydrogen-bond donors (Lipinski definition) is 2. The van der Waals surface area contributed by atoms with Gasteiger partial charge in [-0.25, -0.2) is 14.4 Å². The Labute approximate surface area is 159 Å². The van der Waals surface area contributed by atoms with Crippen LogP contribution in [0.2, 0.25) is 0 Å². The van der Waals surface area contributed by atoms with Crippen molar-refractivity contribution in [2.75, 3.05) is 19.6 Å². The molecule has 1 aliphatic rings. The van der Waals surface area contributed by atoms with Crippen molar-refractivity contribution in [3.8, 4) is 0 Å². The van der Waals surface area contributed by atoms with Gasteiger partial charge in [0.25, 0.3) is 0 Å². The summed E-state index contributed by atoms with van der Waals surface area (Å²) in [6.45, 7) is 12.7. The number of hydrogen-bond acceptors (Lipinski definition) is 5. The van der Waals surface area contributed by atoms with Crippen LogP contribution in [-0.2, 0) is 9.47 Å². The summed E-state index contributed by atoms with van der Waals surface area (Å²) >= 11 is 0. The molecule has 1 unspecified atom stereocenters. The van der Waals surface area contributed by atoms with Crippen LogP contribution in [0.15, 0.2) is 4.99 Å². The van der Waals surface area contributed by atoms with Crippen molar-refractivity contribution < 1.29 is 29.0 Å². The minimum absolute atomic E-state index is 0.0314. The van der Waals surface area contributed by atoms with Crippen molar-refractivity contribution in [3.63, 3.8) is 0 Å². The van der Waals surface area contributed by atoms with E-state index >= 15 is 0 Å². The summed E-state index contributed by atoms with van der Waals surface area (Å²) in [5.74, 6) is -0.0314. The first-order valence-corrected chi connectivity index (χ1v) is 8.74. The lowest BCUT2D eigenvalue weighted by Gasteiger charge is -2.40. The summed E-state index contributed by atoms with van der Waals surface area (Å²) in [5.41, 5.74) is -1.47. The molecule has 154 valence electrons. The van der Waals surface area contributed by atoms with Gasteiger partial charge in [0.05, 0.1) is 0 Å². The van der Waals surface area contributed by atoms with Crippen LogP contribution in [0.4, 0.5) is 14.4 Å². The van der Waals surface area contributed by atoms with Crippen LogP contribution in [-0.4, -0.2) is 76.0 Å². The quantitative estimate of drug-likeness (QED) is 0.484. The number of alkyl carbamates (subject to hydrolysis) is 1. The number of carbonyl (C=O) groups excluding carboxylic acids is 2. The van der Waals surface area contributed by atoms with E-state index < -0.39 is 29.5 Å². The number of ether oxygens (including phenoxy) is 2. The maximum absolute atomic E-state index is 12.2. The summed E-state index contributed by atoms with van der Waals surface area (Å²) in [4.78, 5) is 42.2. The molecule has 3 amide bonds. The summed E-state index contributed by atoms with van der Waals surface area (Å²) in [5, 5.41) is 11.6. The van der Waals surface area contributed by atoms with E-state index in [2.05, 4.69) is 10.3 Å². The second-order valence-electron chi connectivity index (χ2n) is 8.31. The summed E-state index contributed by atoms with van der Waals surface area (Å²) in [7, 11) is 0. The Bertz CT molecular complexity index is 606. The van der Waals surface area contributed by atoms with Crippen molar-refractivity contribution >= 4 is 24.2 Å². The van der Waals surface area contributed by atoms with Gasteiger partial charge < -0.3 is 24.4 Å². The smallest absolute Gasteiger partial charge is 0.437 e. The molecule has 2 N–H and O–H groups in total. The van der Waals surface area contributed by atoms with E-state index in [1.54, 1.807) is 53.4 Å². The summed E-state index contributed by atoms with van der Waals surface area (Å²) < 4.78 is 10.4. The first kappa shape index (κ1) is 22.5. The van der Waals surface area contributed by atoms with Gasteiger partial charge in [0, 0.05) is 25.7 Å². The number of piperazine rings is 1. The second kappa shape index (κ2) is 8.45. The van der Waals surface area contributed by atoms with Gasteiger partial charge >= 0.3 is 18.3 Å². The van der Waals surface area contributed by atoms with E-state index in [0.29, 0.717) is 0 Å². The lowest BCUT2D eigenvalue weighted by Crippen LogP contribution is -2.59. The Balaban J connectivity index is 3.02. The Morgan fingerprint density at radius 1 is 1.04 bits per heavy atom. The number of aliphatic imine (C=N–C) groups is 1. The lowest BCUT2D eigenvalue weighted by atomic mass is 10.2. The van der Waals surface area contributed by atoms with Crippen molar-refractivity contribution in [2.24, 2.45) is 4.99 Å². The molecule has 1 fully saturated rings. The van der Waals surface area contributed by atoms with Crippen molar-refractivity contribution in [3.05, 3.63) is 0 Å². The molecule has 1 saturated heterocycles. The SMILES string of the molecule is CC1CN(C(=O)O)CCN1C(=NC(=O)OC(C)(C)C)NC(=O)OC(C)(C)C. The molecule has 0 aromatic carbocycles. The predicted molar refractivity (Wildman–Crippen MR) is 98.8 cm³/mol. The third-order valence-electron chi connectivity index (χ3n) is 3.37. The first-order valence-electron chi connectivity index (χ1n) is 8.74. The highest BCUT2D eigenvalue weighted by molar-refractivity contribution is 5.99. The number of guanidine groups is 1. The highest BCUT2D eigenvalue weighted by Crippen LogP contribution is 2.13. The average Bonchev–Trinajstić information content (AvgIpc) is 2.42. The van der Waals surface area contributed by atoms with E-state index in [0.717, 1.165) is 0 Å². The van der Waals surface area contributed by atoms with Gasteiger partial charge in [0.2, 0.25) is 5.96 Å². The third kappa shape index (κ3) is 8.14. The maximum atomic E-state index is 12.2. The summed E-state index contributed by atoms with van der Waals surface area (Å²) in [6, 6.07) is -0.314. The highest BCUT2D eigenvalue weighted by Gasteiger charge is 2.31. The molecule has 1 aliphatic heterocycles. The molecule has 0 saturated carbocycles. The largest absolute Gasteiger partial charge is 0.465 e. The van der Waals surface area contributed by atoms with Crippen molar-refractivity contribution in [1.29, 1.82) is 0 Å². The molecule has 0 spiro atoms. The maximum Gasteiger partial charge on any atom is 0.437 e. The molecule has 0 aromatic heterocycles. The standard InChI is InChI=1S/C17H30N4O6/c1-11-10-20(15(24)25)8-9-21(11)12(18-13(22)26-16(2,3)4)19-14(23)27-17(5,6)7/h11H,8-10H2,1-7H3,(H,24,25)(H,18,19,22,23). The Morgan fingerprint density at radius 3 is 2.04 bits per heavy atom. The van der Waals surface area contributed by atoms with Crippen LogP contribution < -0.4 is 5.32 Å². The van der Waals surface area contributed by atoms with Gasteiger partial charge in [-0.15, -0.1) is 4.99 Å². The Kier molecular flexibility index (Phi) is 7.05. The minimum atomic E-state index is -1.02. The molecule has 1 atom stereocenters. The molecule has 0 aliphatic carbocycles. The van der Waals surface area contributed by atoms with E-state index in [4.69, 9.17) is 14.6 Å². The van der Waals surface area contributed by atoms with Gasteiger partial charge in [-0.05, 0) is 48.5 Å². The number of nitrogens with one attached hydrogen (secondary N) is 1. The minimum Gasteiger partial charge on any atom is -0.465 e. The fraction of sp³-hybridized carbons (Fsp3) is 0.765. The number of nitrogens with zero attached hydrogens (tertiary/aromatic N) is 3. The van der Waals surface area contributed by atoms with Gasteiger partial charge in [-0.2, -0.15) is 0 Å². The second-order valence-corrected chi connectivity index (χ2v) is 8.31. The summed E-state index contributed by atoms with van der Waals surface area (Å²) in [6.07, 6.45) is -2.65. The van der Waals surface area contributed by atoms with Crippen molar-refractivity contribution in [1.82, 2.24) is 15.1 Å². The van der Waals surface area contributed by atoms with Crippen LogP contribution in [0.25, 0.3) is 0 Å². The Hall–Kier alpha value is -2.52. The van der Waals surface area contributed by atoms with Gasteiger partial charge in [-0.1, -0.05) is 0 Å². The highest BCUT2D eigenvalue weighted by atomic mass is 16.6. The average molecular weight is 386 g/mol. The molecule has 1 heterocycles. The molecule has 27 heavy (non-hydrogen) atoms.